The van der Waals surface area contributed by atoms with Crippen LogP contribution in [0.5, 0.6) is 0 Å². The van der Waals surface area contributed by atoms with Crippen molar-refractivity contribution in [3.8, 4) is 11.3 Å². The summed E-state index contributed by atoms with van der Waals surface area (Å²) in [5, 5.41) is 5.11. The maximum Gasteiger partial charge on any atom is 0.137 e. The van der Waals surface area contributed by atoms with Crippen molar-refractivity contribution < 1.29 is 4.42 Å². The minimum absolute atomic E-state index is 0.251. The van der Waals surface area contributed by atoms with E-state index in [1.165, 1.54) is 49.4 Å². The molecule has 0 spiro atoms. The second-order valence-corrected chi connectivity index (χ2v) is 8.32. The van der Waals surface area contributed by atoms with Crippen LogP contribution in [0.3, 0.4) is 0 Å². The molecule has 1 atom stereocenters. The Morgan fingerprint density at radius 2 is 1.50 bits per heavy atom. The molecule has 0 aliphatic heterocycles. The van der Waals surface area contributed by atoms with Crippen LogP contribution < -0.4 is 0 Å². The second kappa shape index (κ2) is 6.47. The lowest BCUT2D eigenvalue weighted by Crippen LogP contribution is -1.98. The normalized spacial score (nSPS) is 15.2. The SMILES string of the molecule is Cc1coc(-c2cc(C3C=Cc4ccccc43)c3cc4ccccc4cc3c2)c1C. The Kier molecular flexibility index (Phi) is 3.73. The molecule has 1 nitrogen and oxygen atoms in total. The highest BCUT2D eigenvalue weighted by atomic mass is 16.3. The molecule has 4 aromatic carbocycles. The minimum atomic E-state index is 0.251. The molecule has 0 radical (unpaired) electrons. The van der Waals surface area contributed by atoms with Crippen molar-refractivity contribution in [3.05, 3.63) is 113 Å². The van der Waals surface area contributed by atoms with Gasteiger partial charge in [0.2, 0.25) is 0 Å². The van der Waals surface area contributed by atoms with E-state index in [1.807, 2.05) is 6.26 Å². The zero-order valence-corrected chi connectivity index (χ0v) is 17.1. The Balaban J connectivity index is 1.68. The van der Waals surface area contributed by atoms with E-state index in [0.717, 1.165) is 11.3 Å². The highest BCUT2D eigenvalue weighted by Crippen LogP contribution is 2.42. The van der Waals surface area contributed by atoms with Crippen molar-refractivity contribution in [1.29, 1.82) is 0 Å². The molecule has 1 aromatic heterocycles. The number of furan rings is 1. The molecule has 30 heavy (non-hydrogen) atoms. The van der Waals surface area contributed by atoms with Gasteiger partial charge in [0.15, 0.2) is 0 Å². The summed E-state index contributed by atoms with van der Waals surface area (Å²) in [6.07, 6.45) is 6.44. The van der Waals surface area contributed by atoms with Crippen molar-refractivity contribution in [2.45, 2.75) is 19.8 Å². The summed E-state index contributed by atoms with van der Waals surface area (Å²) in [4.78, 5) is 0. The van der Waals surface area contributed by atoms with Crippen LogP contribution in [-0.4, -0.2) is 0 Å². The molecule has 0 amide bonds. The molecule has 0 saturated heterocycles. The third-order valence-corrected chi connectivity index (χ3v) is 6.53. The first kappa shape index (κ1) is 17.3. The van der Waals surface area contributed by atoms with Crippen LogP contribution in [0.25, 0.3) is 38.9 Å². The van der Waals surface area contributed by atoms with Crippen molar-refractivity contribution >= 4 is 27.6 Å². The van der Waals surface area contributed by atoms with Gasteiger partial charge in [0, 0.05) is 11.5 Å². The van der Waals surface area contributed by atoms with Crippen LogP contribution in [0.2, 0.25) is 0 Å². The number of allylic oxidation sites excluding steroid dienone is 1. The van der Waals surface area contributed by atoms with E-state index in [-0.39, 0.29) is 5.92 Å². The molecule has 0 N–H and O–H groups in total. The molecule has 5 aromatic rings. The minimum Gasteiger partial charge on any atom is -0.464 e. The standard InChI is InChI=1S/C29H22O/c1-18-17-30-29(19(18)2)24-14-23-13-21-8-3-4-9-22(21)15-27(23)28(16-24)26-12-11-20-7-5-6-10-25(20)26/h3-17,26H,1-2H3. The Hall–Kier alpha value is -3.58. The zero-order chi connectivity index (χ0) is 20.2. The molecule has 0 bridgehead atoms. The summed E-state index contributed by atoms with van der Waals surface area (Å²) >= 11 is 0. The fourth-order valence-corrected chi connectivity index (χ4v) is 4.78. The molecule has 1 heterocycles. The zero-order valence-electron chi connectivity index (χ0n) is 17.1. The summed E-state index contributed by atoms with van der Waals surface area (Å²) in [5.41, 5.74) is 7.57. The second-order valence-electron chi connectivity index (χ2n) is 8.32. The summed E-state index contributed by atoms with van der Waals surface area (Å²) in [6.45, 7) is 4.25. The first-order valence-electron chi connectivity index (χ1n) is 10.5. The average Bonchev–Trinajstić information content (AvgIpc) is 3.35. The molecular formula is C29H22O. The lowest BCUT2D eigenvalue weighted by Gasteiger charge is -2.17. The van der Waals surface area contributed by atoms with Gasteiger partial charge in [0.25, 0.3) is 0 Å². The van der Waals surface area contributed by atoms with Crippen LogP contribution in [0.15, 0.2) is 89.6 Å². The van der Waals surface area contributed by atoms with E-state index in [9.17, 15) is 0 Å². The van der Waals surface area contributed by atoms with Crippen molar-refractivity contribution in [1.82, 2.24) is 0 Å². The highest BCUT2D eigenvalue weighted by molar-refractivity contribution is 6.02. The lowest BCUT2D eigenvalue weighted by molar-refractivity contribution is 0.579. The molecule has 0 fully saturated rings. The largest absolute Gasteiger partial charge is 0.464 e. The topological polar surface area (TPSA) is 13.1 Å². The van der Waals surface area contributed by atoms with Gasteiger partial charge in [0.1, 0.15) is 5.76 Å². The maximum absolute atomic E-state index is 5.99. The fraction of sp³-hybridized carbons (Fsp3) is 0.103. The maximum atomic E-state index is 5.99. The summed E-state index contributed by atoms with van der Waals surface area (Å²) < 4.78 is 5.99. The Morgan fingerprint density at radius 3 is 2.30 bits per heavy atom. The van der Waals surface area contributed by atoms with Gasteiger partial charge in [-0.3, -0.25) is 0 Å². The van der Waals surface area contributed by atoms with E-state index >= 15 is 0 Å². The van der Waals surface area contributed by atoms with E-state index in [1.54, 1.807) is 0 Å². The third-order valence-electron chi connectivity index (χ3n) is 6.53. The highest BCUT2D eigenvalue weighted by Gasteiger charge is 2.22. The van der Waals surface area contributed by atoms with Crippen LogP contribution in [-0.2, 0) is 0 Å². The average molecular weight is 386 g/mol. The smallest absolute Gasteiger partial charge is 0.137 e. The number of rotatable bonds is 2. The fourth-order valence-electron chi connectivity index (χ4n) is 4.78. The number of fused-ring (bicyclic) bond motifs is 3. The monoisotopic (exact) mass is 386 g/mol. The lowest BCUT2D eigenvalue weighted by atomic mass is 9.86. The van der Waals surface area contributed by atoms with Gasteiger partial charge in [-0.25, -0.2) is 0 Å². The van der Waals surface area contributed by atoms with Crippen molar-refractivity contribution in [3.63, 3.8) is 0 Å². The van der Waals surface area contributed by atoms with Gasteiger partial charge >= 0.3 is 0 Å². The summed E-state index contributed by atoms with van der Waals surface area (Å²) in [5.74, 6) is 1.22. The number of hydrogen-bond acceptors (Lipinski definition) is 1. The number of benzene rings is 4. The first-order chi connectivity index (χ1) is 14.7. The van der Waals surface area contributed by atoms with Gasteiger partial charge in [-0.15, -0.1) is 0 Å². The predicted molar refractivity (Wildman–Crippen MR) is 126 cm³/mol. The van der Waals surface area contributed by atoms with E-state index < -0.39 is 0 Å². The Labute approximate surface area is 176 Å². The predicted octanol–water partition coefficient (Wildman–Crippen LogP) is 8.03. The van der Waals surface area contributed by atoms with Gasteiger partial charge in [-0.2, -0.15) is 0 Å². The number of hydrogen-bond donors (Lipinski definition) is 0. The molecular weight excluding hydrogens is 364 g/mol. The molecule has 1 aliphatic carbocycles. The van der Waals surface area contributed by atoms with E-state index in [4.69, 9.17) is 4.42 Å². The molecule has 1 aliphatic rings. The molecule has 144 valence electrons. The Bertz CT molecular complexity index is 1470. The number of aryl methyl sites for hydroxylation is 1. The van der Waals surface area contributed by atoms with Crippen molar-refractivity contribution in [2.75, 3.05) is 0 Å². The van der Waals surface area contributed by atoms with Crippen LogP contribution in [0, 0.1) is 13.8 Å². The summed E-state index contributed by atoms with van der Waals surface area (Å²) in [6, 6.07) is 26.6. The van der Waals surface area contributed by atoms with Gasteiger partial charge in [-0.05, 0) is 87.5 Å². The van der Waals surface area contributed by atoms with E-state index in [2.05, 4.69) is 98.8 Å². The quantitative estimate of drug-likeness (QED) is 0.280. The van der Waals surface area contributed by atoms with Crippen LogP contribution in [0.1, 0.15) is 33.7 Å². The molecule has 6 rings (SSSR count). The van der Waals surface area contributed by atoms with Crippen molar-refractivity contribution in [2.24, 2.45) is 0 Å². The molecule has 1 unspecified atom stereocenters. The van der Waals surface area contributed by atoms with Gasteiger partial charge < -0.3 is 4.42 Å². The third kappa shape index (κ3) is 2.55. The molecule has 1 heteroatoms. The molecule has 0 saturated carbocycles. The first-order valence-corrected chi connectivity index (χ1v) is 10.5. The van der Waals surface area contributed by atoms with Crippen LogP contribution in [0.4, 0.5) is 0 Å². The Morgan fingerprint density at radius 1 is 0.733 bits per heavy atom. The van der Waals surface area contributed by atoms with Gasteiger partial charge in [-0.1, -0.05) is 60.7 Å². The van der Waals surface area contributed by atoms with Gasteiger partial charge in [0.05, 0.1) is 6.26 Å². The van der Waals surface area contributed by atoms with E-state index in [0.29, 0.717) is 0 Å². The van der Waals surface area contributed by atoms with Crippen LogP contribution >= 0.6 is 0 Å². The summed E-state index contributed by atoms with van der Waals surface area (Å²) in [7, 11) is 0.